The summed E-state index contributed by atoms with van der Waals surface area (Å²) in [4.78, 5) is 2.45. The van der Waals surface area contributed by atoms with E-state index in [-0.39, 0.29) is 11.3 Å². The van der Waals surface area contributed by atoms with Gasteiger partial charge in [-0.3, -0.25) is 5.41 Å². The average molecular weight is 259 g/mol. The third kappa shape index (κ3) is 3.09. The van der Waals surface area contributed by atoms with Crippen LogP contribution >= 0.6 is 0 Å². The van der Waals surface area contributed by atoms with Gasteiger partial charge in [0.05, 0.1) is 5.84 Å². The van der Waals surface area contributed by atoms with Crippen molar-refractivity contribution in [1.29, 1.82) is 5.41 Å². The highest BCUT2D eigenvalue weighted by atomic mass is 15.1. The minimum absolute atomic E-state index is 0.213. The highest BCUT2D eigenvalue weighted by Gasteiger charge is 2.26. The minimum Gasteiger partial charge on any atom is -0.387 e. The zero-order valence-corrected chi connectivity index (χ0v) is 12.2. The van der Waals surface area contributed by atoms with Crippen LogP contribution in [0, 0.1) is 16.7 Å². The highest BCUT2D eigenvalue weighted by Crippen LogP contribution is 2.31. The molecule has 1 aliphatic heterocycles. The van der Waals surface area contributed by atoms with Crippen molar-refractivity contribution in [2.75, 3.05) is 18.0 Å². The summed E-state index contributed by atoms with van der Waals surface area (Å²) >= 11 is 0. The van der Waals surface area contributed by atoms with E-state index in [4.69, 9.17) is 11.1 Å². The second-order valence-electron chi connectivity index (χ2n) is 6.43. The zero-order valence-electron chi connectivity index (χ0n) is 12.2. The fraction of sp³-hybridized carbons (Fsp3) is 0.562. The van der Waals surface area contributed by atoms with Crippen LogP contribution in [0.3, 0.4) is 0 Å². The van der Waals surface area contributed by atoms with E-state index in [1.807, 2.05) is 0 Å². The summed E-state index contributed by atoms with van der Waals surface area (Å²) in [5, 5.41) is 7.66. The van der Waals surface area contributed by atoms with Crippen LogP contribution < -0.4 is 10.6 Å². The Bertz CT molecular complexity index is 465. The smallest absolute Gasteiger partial charge is 0.0963 e. The quantitative estimate of drug-likeness (QED) is 0.645. The molecule has 0 spiro atoms. The number of para-hydroxylation sites is 1. The Balaban J connectivity index is 2.11. The van der Waals surface area contributed by atoms with E-state index < -0.39 is 0 Å². The first kappa shape index (κ1) is 13.9. The minimum atomic E-state index is -0.213. The van der Waals surface area contributed by atoms with E-state index in [2.05, 4.69) is 49.9 Å². The Morgan fingerprint density at radius 1 is 1.42 bits per heavy atom. The van der Waals surface area contributed by atoms with Crippen LogP contribution in [-0.4, -0.2) is 18.9 Å². The largest absolute Gasteiger partial charge is 0.387 e. The lowest BCUT2D eigenvalue weighted by Crippen LogP contribution is -2.39. The number of anilines is 1. The first-order chi connectivity index (χ1) is 8.90. The van der Waals surface area contributed by atoms with Crippen molar-refractivity contribution in [3.05, 3.63) is 29.8 Å². The summed E-state index contributed by atoms with van der Waals surface area (Å²) in [6, 6.07) is 8.67. The van der Waals surface area contributed by atoms with Crippen molar-refractivity contribution in [2.24, 2.45) is 17.1 Å². The summed E-state index contributed by atoms with van der Waals surface area (Å²) in [7, 11) is 0. The molecule has 1 unspecified atom stereocenters. The van der Waals surface area contributed by atoms with Crippen molar-refractivity contribution >= 4 is 11.5 Å². The number of hydrogen-bond acceptors (Lipinski definition) is 2. The van der Waals surface area contributed by atoms with E-state index in [1.165, 1.54) is 17.7 Å². The van der Waals surface area contributed by atoms with E-state index in [0.29, 0.717) is 5.92 Å². The lowest BCUT2D eigenvalue weighted by atomic mass is 9.87. The van der Waals surface area contributed by atoms with Crippen molar-refractivity contribution in [3.63, 3.8) is 0 Å². The number of amidine groups is 1. The number of fused-ring (bicyclic) bond motifs is 1. The molecule has 3 N–H and O–H groups in total. The van der Waals surface area contributed by atoms with Crippen LogP contribution in [0.1, 0.15) is 32.8 Å². The fourth-order valence-electron chi connectivity index (χ4n) is 2.67. The van der Waals surface area contributed by atoms with Gasteiger partial charge in [0.2, 0.25) is 0 Å². The predicted octanol–water partition coefficient (Wildman–Crippen LogP) is 3.04. The third-order valence-corrected chi connectivity index (χ3v) is 4.17. The SMILES string of the molecule is CC1Cc2ccccc2N(CCC(C)(C)C(=N)N)C1. The van der Waals surface area contributed by atoms with Gasteiger partial charge in [-0.25, -0.2) is 0 Å². The Morgan fingerprint density at radius 3 is 2.79 bits per heavy atom. The number of hydrogen-bond donors (Lipinski definition) is 2. The molecule has 0 amide bonds. The van der Waals surface area contributed by atoms with Gasteiger partial charge in [-0.15, -0.1) is 0 Å². The molecule has 3 heteroatoms. The fourth-order valence-corrected chi connectivity index (χ4v) is 2.67. The van der Waals surface area contributed by atoms with Gasteiger partial charge in [-0.1, -0.05) is 39.0 Å². The van der Waals surface area contributed by atoms with Crippen molar-refractivity contribution in [3.8, 4) is 0 Å². The van der Waals surface area contributed by atoms with Gasteiger partial charge in [0.15, 0.2) is 0 Å². The highest BCUT2D eigenvalue weighted by molar-refractivity contribution is 5.82. The molecular formula is C16H25N3. The van der Waals surface area contributed by atoms with Crippen LogP contribution in [0.5, 0.6) is 0 Å². The van der Waals surface area contributed by atoms with E-state index in [9.17, 15) is 0 Å². The van der Waals surface area contributed by atoms with E-state index in [1.54, 1.807) is 0 Å². The first-order valence-electron chi connectivity index (χ1n) is 7.07. The molecule has 3 nitrogen and oxygen atoms in total. The Labute approximate surface area is 116 Å². The molecule has 0 saturated heterocycles. The number of nitrogens with two attached hydrogens (primary N) is 1. The lowest BCUT2D eigenvalue weighted by molar-refractivity contribution is 0.445. The Morgan fingerprint density at radius 2 is 2.11 bits per heavy atom. The van der Waals surface area contributed by atoms with Crippen LogP contribution in [0.15, 0.2) is 24.3 Å². The number of nitrogens with one attached hydrogen (secondary N) is 1. The summed E-state index contributed by atoms with van der Waals surface area (Å²) in [5.41, 5.74) is 8.27. The molecule has 1 atom stereocenters. The molecule has 0 saturated carbocycles. The molecule has 0 aromatic heterocycles. The molecule has 1 heterocycles. The maximum Gasteiger partial charge on any atom is 0.0963 e. The van der Waals surface area contributed by atoms with Crippen LogP contribution in [0.2, 0.25) is 0 Å². The summed E-state index contributed by atoms with van der Waals surface area (Å²) in [6.45, 7) is 8.47. The standard InChI is InChI=1S/C16H25N3/c1-12-10-13-6-4-5-7-14(13)19(11-12)9-8-16(2,3)15(17)18/h4-7,12H,8-11H2,1-3H3,(H3,17,18). The maximum atomic E-state index is 7.66. The summed E-state index contributed by atoms with van der Waals surface area (Å²) < 4.78 is 0. The van der Waals surface area contributed by atoms with Gasteiger partial charge in [-0.05, 0) is 30.4 Å². The van der Waals surface area contributed by atoms with Crippen molar-refractivity contribution in [2.45, 2.75) is 33.6 Å². The molecule has 1 aromatic carbocycles. The van der Waals surface area contributed by atoms with Gasteiger partial charge in [-0.2, -0.15) is 0 Å². The normalized spacial score (nSPS) is 19.1. The average Bonchev–Trinajstić information content (AvgIpc) is 2.35. The van der Waals surface area contributed by atoms with Gasteiger partial charge < -0.3 is 10.6 Å². The lowest BCUT2D eigenvalue weighted by Gasteiger charge is -2.36. The second-order valence-corrected chi connectivity index (χ2v) is 6.43. The zero-order chi connectivity index (χ0) is 14.0. The molecule has 0 bridgehead atoms. The monoisotopic (exact) mass is 259 g/mol. The Kier molecular flexibility index (Phi) is 3.83. The Hall–Kier alpha value is -1.51. The maximum absolute atomic E-state index is 7.66. The van der Waals surface area contributed by atoms with Gasteiger partial charge in [0, 0.05) is 24.2 Å². The van der Waals surface area contributed by atoms with E-state index in [0.717, 1.165) is 19.5 Å². The molecule has 1 aromatic rings. The van der Waals surface area contributed by atoms with E-state index >= 15 is 0 Å². The van der Waals surface area contributed by atoms with Crippen molar-refractivity contribution < 1.29 is 0 Å². The van der Waals surface area contributed by atoms with Crippen LogP contribution in [0.4, 0.5) is 5.69 Å². The number of benzene rings is 1. The number of nitrogens with zero attached hydrogens (tertiary/aromatic N) is 1. The molecule has 104 valence electrons. The molecule has 0 aliphatic carbocycles. The van der Waals surface area contributed by atoms with Crippen LogP contribution in [-0.2, 0) is 6.42 Å². The molecule has 2 rings (SSSR count). The predicted molar refractivity (Wildman–Crippen MR) is 81.8 cm³/mol. The second kappa shape index (κ2) is 5.24. The summed E-state index contributed by atoms with van der Waals surface area (Å²) in [6.07, 6.45) is 2.09. The van der Waals surface area contributed by atoms with Crippen molar-refractivity contribution in [1.82, 2.24) is 0 Å². The molecular weight excluding hydrogens is 234 g/mol. The van der Waals surface area contributed by atoms with Crippen LogP contribution in [0.25, 0.3) is 0 Å². The van der Waals surface area contributed by atoms with Gasteiger partial charge >= 0.3 is 0 Å². The van der Waals surface area contributed by atoms with Gasteiger partial charge in [0.25, 0.3) is 0 Å². The number of rotatable bonds is 4. The third-order valence-electron chi connectivity index (χ3n) is 4.17. The topological polar surface area (TPSA) is 53.1 Å². The molecule has 0 radical (unpaired) electrons. The van der Waals surface area contributed by atoms with Gasteiger partial charge in [0.1, 0.15) is 0 Å². The first-order valence-corrected chi connectivity index (χ1v) is 7.07. The molecule has 19 heavy (non-hydrogen) atoms. The molecule has 1 aliphatic rings. The summed E-state index contributed by atoms with van der Waals surface area (Å²) in [5.74, 6) is 0.973. The molecule has 0 fully saturated rings.